The molecule has 0 radical (unpaired) electrons. The summed E-state index contributed by atoms with van der Waals surface area (Å²) >= 11 is 6.23. The smallest absolute Gasteiger partial charge is 0.116 e. The van der Waals surface area contributed by atoms with Gasteiger partial charge >= 0.3 is 0 Å². The van der Waals surface area contributed by atoms with Crippen LogP contribution in [0.2, 0.25) is 5.02 Å². The molecule has 1 aromatic rings. The van der Waals surface area contributed by atoms with Crippen LogP contribution in [0.25, 0.3) is 0 Å². The molecule has 0 aliphatic carbocycles. The van der Waals surface area contributed by atoms with Gasteiger partial charge in [-0.15, -0.1) is 0 Å². The average Bonchev–Trinajstić information content (AvgIpc) is 2.96. The van der Waals surface area contributed by atoms with Crippen LogP contribution < -0.4 is 0 Å². The molecule has 22 heavy (non-hydrogen) atoms. The molecular formula is C18H25ClO3. The molecule has 0 unspecified atom stereocenters. The summed E-state index contributed by atoms with van der Waals surface area (Å²) in [5.41, 5.74) is 0.505. The minimum atomic E-state index is -0.272. The summed E-state index contributed by atoms with van der Waals surface area (Å²) in [4.78, 5) is 0. The number of benzene rings is 1. The van der Waals surface area contributed by atoms with Gasteiger partial charge in [-0.1, -0.05) is 43.6 Å². The van der Waals surface area contributed by atoms with Gasteiger partial charge < -0.3 is 14.2 Å². The van der Waals surface area contributed by atoms with Crippen molar-refractivity contribution in [3.8, 4) is 0 Å². The normalized spacial score (nSPS) is 37.2. The lowest BCUT2D eigenvalue weighted by Crippen LogP contribution is -2.52. The largest absolute Gasteiger partial charge is 0.376 e. The Kier molecular flexibility index (Phi) is 4.28. The number of hydrogen-bond donors (Lipinski definition) is 0. The van der Waals surface area contributed by atoms with Crippen LogP contribution in [0, 0.1) is 5.92 Å². The van der Waals surface area contributed by atoms with Gasteiger partial charge in [-0.3, -0.25) is 0 Å². The van der Waals surface area contributed by atoms with Crippen molar-refractivity contribution in [1.82, 2.24) is 0 Å². The third kappa shape index (κ3) is 2.39. The fourth-order valence-electron chi connectivity index (χ4n) is 4.07. The van der Waals surface area contributed by atoms with E-state index in [-0.39, 0.29) is 23.4 Å². The number of methoxy groups -OCH3 is 1. The van der Waals surface area contributed by atoms with Gasteiger partial charge in [0.25, 0.3) is 0 Å². The van der Waals surface area contributed by atoms with Crippen LogP contribution in [0.1, 0.15) is 39.2 Å². The zero-order valence-electron chi connectivity index (χ0n) is 13.8. The summed E-state index contributed by atoms with van der Waals surface area (Å²) < 4.78 is 18.5. The highest BCUT2D eigenvalue weighted by Crippen LogP contribution is 2.56. The van der Waals surface area contributed by atoms with Crippen LogP contribution in [0.4, 0.5) is 0 Å². The molecule has 2 fully saturated rings. The van der Waals surface area contributed by atoms with Crippen molar-refractivity contribution in [2.45, 2.75) is 63.6 Å². The van der Waals surface area contributed by atoms with Gasteiger partial charge in [-0.05, 0) is 37.3 Å². The third-order valence-corrected chi connectivity index (χ3v) is 5.77. The molecule has 122 valence electrons. The number of ether oxygens (including phenoxy) is 3. The Hall–Kier alpha value is -0.610. The maximum atomic E-state index is 6.46. The average molecular weight is 325 g/mol. The molecule has 2 aliphatic rings. The second kappa shape index (κ2) is 5.79. The minimum Gasteiger partial charge on any atom is -0.376 e. The van der Waals surface area contributed by atoms with Crippen molar-refractivity contribution < 1.29 is 14.2 Å². The van der Waals surface area contributed by atoms with Crippen LogP contribution in [-0.4, -0.2) is 30.5 Å². The summed E-state index contributed by atoms with van der Waals surface area (Å²) in [5.74, 6) is 0.396. The van der Waals surface area contributed by atoms with E-state index in [1.165, 1.54) is 0 Å². The van der Waals surface area contributed by atoms with E-state index in [0.717, 1.165) is 23.4 Å². The van der Waals surface area contributed by atoms with Crippen LogP contribution in [-0.2, 0) is 20.8 Å². The van der Waals surface area contributed by atoms with Crippen LogP contribution >= 0.6 is 11.6 Å². The molecule has 3 rings (SSSR count). The molecule has 0 saturated carbocycles. The zero-order valence-corrected chi connectivity index (χ0v) is 14.5. The molecule has 0 spiro atoms. The second-order valence-electron chi connectivity index (χ2n) is 7.00. The Labute approximate surface area is 137 Å². The van der Waals surface area contributed by atoms with Crippen molar-refractivity contribution in [1.29, 1.82) is 0 Å². The first-order valence-corrected chi connectivity index (χ1v) is 8.39. The van der Waals surface area contributed by atoms with Gasteiger partial charge in [0, 0.05) is 12.1 Å². The first kappa shape index (κ1) is 16.3. The lowest BCUT2D eigenvalue weighted by atomic mass is 9.73. The maximum absolute atomic E-state index is 6.46. The van der Waals surface area contributed by atoms with Gasteiger partial charge in [0.2, 0.25) is 0 Å². The Balaban J connectivity index is 1.80. The van der Waals surface area contributed by atoms with E-state index in [1.54, 1.807) is 7.11 Å². The molecule has 0 aromatic heterocycles. The lowest BCUT2D eigenvalue weighted by Gasteiger charge is -2.39. The molecule has 2 aliphatic heterocycles. The predicted molar refractivity (Wildman–Crippen MR) is 87.1 cm³/mol. The third-order valence-electron chi connectivity index (χ3n) is 5.40. The van der Waals surface area contributed by atoms with Crippen LogP contribution in [0.15, 0.2) is 24.3 Å². The van der Waals surface area contributed by atoms with E-state index in [4.69, 9.17) is 25.8 Å². The van der Waals surface area contributed by atoms with Gasteiger partial charge in [-0.2, -0.15) is 0 Å². The fourth-order valence-corrected chi connectivity index (χ4v) is 4.26. The van der Waals surface area contributed by atoms with Gasteiger partial charge in [0.05, 0.1) is 12.2 Å². The summed E-state index contributed by atoms with van der Waals surface area (Å²) in [6.45, 7) is 7.03. The monoisotopic (exact) mass is 324 g/mol. The van der Waals surface area contributed by atoms with Crippen molar-refractivity contribution in [3.05, 3.63) is 34.9 Å². The van der Waals surface area contributed by atoms with E-state index in [0.29, 0.717) is 12.5 Å². The number of halogens is 1. The van der Waals surface area contributed by atoms with Crippen molar-refractivity contribution in [2.24, 2.45) is 5.92 Å². The van der Waals surface area contributed by atoms with Crippen molar-refractivity contribution >= 4 is 11.6 Å². The number of hydrogen-bond acceptors (Lipinski definition) is 3. The zero-order chi connectivity index (χ0) is 16.0. The number of fused-ring (bicyclic) bond motifs is 2. The summed E-state index contributed by atoms with van der Waals surface area (Å²) in [5, 5.41) is 0.740. The predicted octanol–water partition coefficient (Wildman–Crippen LogP) is 4.22. The molecule has 2 saturated heterocycles. The first-order chi connectivity index (χ1) is 10.4. The molecule has 0 N–H and O–H groups in total. The van der Waals surface area contributed by atoms with Gasteiger partial charge in [-0.25, -0.2) is 0 Å². The minimum absolute atomic E-state index is 0.0336. The molecule has 1 aromatic carbocycles. The summed E-state index contributed by atoms with van der Waals surface area (Å²) in [7, 11) is 1.76. The van der Waals surface area contributed by atoms with Gasteiger partial charge in [0.15, 0.2) is 0 Å². The topological polar surface area (TPSA) is 27.7 Å². The van der Waals surface area contributed by atoms with E-state index >= 15 is 0 Å². The molecule has 0 amide bonds. The van der Waals surface area contributed by atoms with E-state index in [2.05, 4.69) is 20.8 Å². The number of rotatable bonds is 5. The summed E-state index contributed by atoms with van der Waals surface area (Å²) in [6, 6.07) is 7.80. The molecule has 4 atom stereocenters. The Morgan fingerprint density at radius 2 is 2.00 bits per heavy atom. The Morgan fingerprint density at radius 1 is 1.27 bits per heavy atom. The Bertz CT molecular complexity index is 547. The highest BCUT2D eigenvalue weighted by Gasteiger charge is 2.67. The first-order valence-electron chi connectivity index (χ1n) is 8.01. The van der Waals surface area contributed by atoms with E-state index < -0.39 is 0 Å². The van der Waals surface area contributed by atoms with Crippen molar-refractivity contribution in [3.63, 3.8) is 0 Å². The maximum Gasteiger partial charge on any atom is 0.116 e. The standard InChI is InChI=1S/C18H25ClO3/c1-12(2)18-10-9-17(3,22-18)15(16(18)20-4)21-11-13-7-5-6-8-14(13)19/h5-8,12,15-16H,9-11H2,1-4H3/t15-,16-,17+,18+/m1/s1. The summed E-state index contributed by atoms with van der Waals surface area (Å²) in [6.07, 6.45) is 1.95. The lowest BCUT2D eigenvalue weighted by molar-refractivity contribution is -0.110. The molecule has 2 heterocycles. The Morgan fingerprint density at radius 3 is 2.64 bits per heavy atom. The second-order valence-corrected chi connectivity index (χ2v) is 7.41. The van der Waals surface area contributed by atoms with Crippen molar-refractivity contribution in [2.75, 3.05) is 7.11 Å². The molecular weight excluding hydrogens is 300 g/mol. The fraction of sp³-hybridized carbons (Fsp3) is 0.667. The molecule has 4 heteroatoms. The van der Waals surface area contributed by atoms with E-state index in [1.807, 2.05) is 24.3 Å². The quantitative estimate of drug-likeness (QED) is 0.811. The van der Waals surface area contributed by atoms with Gasteiger partial charge in [0.1, 0.15) is 17.8 Å². The highest BCUT2D eigenvalue weighted by molar-refractivity contribution is 6.31. The van der Waals surface area contributed by atoms with Crippen LogP contribution in [0.3, 0.4) is 0 Å². The highest BCUT2D eigenvalue weighted by atomic mass is 35.5. The molecule has 3 nitrogen and oxygen atoms in total. The van der Waals surface area contributed by atoms with E-state index in [9.17, 15) is 0 Å². The SMILES string of the molecule is CO[C@@H]1[C@@H](OCc2ccccc2Cl)[C@]2(C)CC[C@@]1(C(C)C)O2. The van der Waals surface area contributed by atoms with Crippen LogP contribution in [0.5, 0.6) is 0 Å². The molecule has 2 bridgehead atoms.